The SMILES string of the molecule is COc1ccc(-c2cnc(Nc3cccc(NC(=O)N4CCN(C(=O)O)C(C)C4)c3)nc2)cc1. The van der Waals surface area contributed by atoms with E-state index in [0.29, 0.717) is 24.7 Å². The van der Waals surface area contributed by atoms with Crippen molar-refractivity contribution < 1.29 is 19.4 Å². The zero-order chi connectivity index (χ0) is 24.1. The third-order valence-electron chi connectivity index (χ3n) is 5.61. The smallest absolute Gasteiger partial charge is 0.407 e. The Labute approximate surface area is 197 Å². The van der Waals surface area contributed by atoms with Crippen LogP contribution < -0.4 is 15.4 Å². The molecule has 0 bridgehead atoms. The molecule has 176 valence electrons. The number of nitrogens with zero attached hydrogens (tertiary/aromatic N) is 4. The summed E-state index contributed by atoms with van der Waals surface area (Å²) in [4.78, 5) is 35.6. The molecule has 1 atom stereocenters. The van der Waals surface area contributed by atoms with Crippen LogP contribution in [0.2, 0.25) is 0 Å². The molecule has 1 unspecified atom stereocenters. The fraction of sp³-hybridized carbons (Fsp3) is 0.250. The lowest BCUT2D eigenvalue weighted by Crippen LogP contribution is -2.55. The van der Waals surface area contributed by atoms with Crippen LogP contribution in [0.3, 0.4) is 0 Å². The zero-order valence-electron chi connectivity index (χ0n) is 18.9. The molecule has 2 aromatic carbocycles. The van der Waals surface area contributed by atoms with Crippen molar-refractivity contribution in [3.05, 3.63) is 60.9 Å². The Kier molecular flexibility index (Phi) is 6.77. The van der Waals surface area contributed by atoms with Crippen molar-refractivity contribution in [1.29, 1.82) is 0 Å². The van der Waals surface area contributed by atoms with Crippen molar-refractivity contribution in [2.75, 3.05) is 37.4 Å². The van der Waals surface area contributed by atoms with E-state index < -0.39 is 6.09 Å². The molecule has 3 N–H and O–H groups in total. The number of amides is 3. The number of aromatic nitrogens is 2. The second-order valence-corrected chi connectivity index (χ2v) is 7.93. The van der Waals surface area contributed by atoms with Gasteiger partial charge in [-0.05, 0) is 42.8 Å². The highest BCUT2D eigenvalue weighted by Crippen LogP contribution is 2.23. The van der Waals surface area contributed by atoms with E-state index in [1.165, 1.54) is 4.90 Å². The fourth-order valence-electron chi connectivity index (χ4n) is 3.76. The van der Waals surface area contributed by atoms with E-state index in [2.05, 4.69) is 20.6 Å². The van der Waals surface area contributed by atoms with Crippen molar-refractivity contribution >= 4 is 29.4 Å². The standard InChI is InChI=1S/C24H26N6O4/c1-16-15-29(10-11-30(16)24(32)33)23(31)28-20-5-3-4-19(12-20)27-22-25-13-18(14-26-22)17-6-8-21(34-2)9-7-17/h3-9,12-14,16H,10-11,15H2,1-2H3,(H,28,31)(H,32,33)(H,25,26,27). The molecule has 1 aromatic heterocycles. The Morgan fingerprint density at radius 1 is 1.03 bits per heavy atom. The van der Waals surface area contributed by atoms with E-state index in [9.17, 15) is 14.7 Å². The lowest BCUT2D eigenvalue weighted by atomic mass is 10.1. The van der Waals surface area contributed by atoms with E-state index in [1.54, 1.807) is 43.5 Å². The summed E-state index contributed by atoms with van der Waals surface area (Å²) in [5.41, 5.74) is 3.19. The fourth-order valence-corrected chi connectivity index (χ4v) is 3.76. The summed E-state index contributed by atoms with van der Waals surface area (Å²) in [6.45, 7) is 2.76. The minimum absolute atomic E-state index is 0.261. The van der Waals surface area contributed by atoms with Crippen LogP contribution in [0.1, 0.15) is 6.92 Å². The maximum atomic E-state index is 12.7. The molecule has 10 nitrogen and oxygen atoms in total. The molecule has 34 heavy (non-hydrogen) atoms. The second kappa shape index (κ2) is 10.1. The number of anilines is 3. The van der Waals surface area contributed by atoms with Gasteiger partial charge in [0.25, 0.3) is 0 Å². The molecule has 3 amide bonds. The predicted molar refractivity (Wildman–Crippen MR) is 129 cm³/mol. The topological polar surface area (TPSA) is 120 Å². The van der Waals surface area contributed by atoms with Gasteiger partial charge in [0.1, 0.15) is 5.75 Å². The van der Waals surface area contributed by atoms with Gasteiger partial charge < -0.3 is 30.3 Å². The number of urea groups is 1. The molecule has 1 aliphatic heterocycles. The summed E-state index contributed by atoms with van der Waals surface area (Å²) >= 11 is 0. The van der Waals surface area contributed by atoms with E-state index >= 15 is 0 Å². The van der Waals surface area contributed by atoms with Gasteiger partial charge in [0.15, 0.2) is 0 Å². The number of hydrogen-bond donors (Lipinski definition) is 3. The van der Waals surface area contributed by atoms with Crippen molar-refractivity contribution in [1.82, 2.24) is 19.8 Å². The number of benzene rings is 2. The van der Waals surface area contributed by atoms with E-state index in [4.69, 9.17) is 4.74 Å². The van der Waals surface area contributed by atoms with Gasteiger partial charge in [-0.25, -0.2) is 19.6 Å². The quantitative estimate of drug-likeness (QED) is 0.522. The summed E-state index contributed by atoms with van der Waals surface area (Å²) in [5, 5.41) is 15.2. The van der Waals surface area contributed by atoms with Gasteiger partial charge in [0, 0.05) is 55.0 Å². The van der Waals surface area contributed by atoms with E-state index in [-0.39, 0.29) is 18.6 Å². The number of rotatable bonds is 5. The second-order valence-electron chi connectivity index (χ2n) is 7.93. The average molecular weight is 463 g/mol. The van der Waals surface area contributed by atoms with Gasteiger partial charge in [0.2, 0.25) is 5.95 Å². The number of nitrogens with one attached hydrogen (secondary N) is 2. The van der Waals surface area contributed by atoms with Crippen LogP contribution in [0.5, 0.6) is 5.75 Å². The first kappa shape index (κ1) is 22.8. The van der Waals surface area contributed by atoms with Crippen molar-refractivity contribution in [3.63, 3.8) is 0 Å². The number of carboxylic acid groups (broad SMARTS) is 1. The first-order valence-corrected chi connectivity index (χ1v) is 10.8. The van der Waals surface area contributed by atoms with Gasteiger partial charge in [0.05, 0.1) is 7.11 Å². The van der Waals surface area contributed by atoms with Crippen LogP contribution in [-0.2, 0) is 0 Å². The first-order chi connectivity index (χ1) is 16.4. The predicted octanol–water partition coefficient (Wildman–Crippen LogP) is 4.11. The van der Waals surface area contributed by atoms with Crippen LogP contribution in [-0.4, -0.2) is 69.8 Å². The molecule has 0 saturated carbocycles. The van der Waals surface area contributed by atoms with Crippen molar-refractivity contribution in [3.8, 4) is 16.9 Å². The van der Waals surface area contributed by atoms with Gasteiger partial charge in [-0.2, -0.15) is 0 Å². The minimum Gasteiger partial charge on any atom is -0.497 e. The zero-order valence-corrected chi connectivity index (χ0v) is 18.9. The Morgan fingerprint density at radius 3 is 2.38 bits per heavy atom. The summed E-state index contributed by atoms with van der Waals surface area (Å²) in [7, 11) is 1.63. The number of ether oxygens (including phenoxy) is 1. The van der Waals surface area contributed by atoms with Gasteiger partial charge >= 0.3 is 12.1 Å². The van der Waals surface area contributed by atoms with Crippen molar-refractivity contribution in [2.45, 2.75) is 13.0 Å². The molecule has 4 rings (SSSR count). The van der Waals surface area contributed by atoms with Gasteiger partial charge in [-0.1, -0.05) is 18.2 Å². The van der Waals surface area contributed by atoms with Crippen LogP contribution in [0.15, 0.2) is 60.9 Å². The summed E-state index contributed by atoms with van der Waals surface area (Å²) in [6.07, 6.45) is 2.51. The lowest BCUT2D eigenvalue weighted by molar-refractivity contribution is 0.0868. The Bertz CT molecular complexity index is 1150. The van der Waals surface area contributed by atoms with Crippen LogP contribution in [0.25, 0.3) is 11.1 Å². The molecular weight excluding hydrogens is 436 g/mol. The molecular formula is C24H26N6O4. The molecule has 3 aromatic rings. The first-order valence-electron chi connectivity index (χ1n) is 10.8. The highest BCUT2D eigenvalue weighted by Gasteiger charge is 2.29. The monoisotopic (exact) mass is 462 g/mol. The van der Waals surface area contributed by atoms with Crippen molar-refractivity contribution in [2.24, 2.45) is 0 Å². The molecule has 0 spiro atoms. The van der Waals surface area contributed by atoms with Crippen LogP contribution in [0, 0.1) is 0 Å². The molecule has 1 saturated heterocycles. The highest BCUT2D eigenvalue weighted by atomic mass is 16.5. The average Bonchev–Trinajstić information content (AvgIpc) is 2.84. The number of methoxy groups -OCH3 is 1. The number of carbonyl (C=O) groups excluding carboxylic acids is 1. The van der Waals surface area contributed by atoms with E-state index in [0.717, 1.165) is 22.6 Å². The molecule has 0 aliphatic carbocycles. The van der Waals surface area contributed by atoms with Crippen LogP contribution >= 0.6 is 0 Å². The number of piperazine rings is 1. The third-order valence-corrected chi connectivity index (χ3v) is 5.61. The summed E-state index contributed by atoms with van der Waals surface area (Å²) in [5.74, 6) is 1.21. The summed E-state index contributed by atoms with van der Waals surface area (Å²) < 4.78 is 5.18. The van der Waals surface area contributed by atoms with E-state index in [1.807, 2.05) is 36.4 Å². The Balaban J connectivity index is 1.37. The summed E-state index contributed by atoms with van der Waals surface area (Å²) in [6, 6.07) is 14.4. The normalized spacial score (nSPS) is 15.5. The molecule has 10 heteroatoms. The number of hydrogen-bond acceptors (Lipinski definition) is 6. The minimum atomic E-state index is -0.967. The highest BCUT2D eigenvalue weighted by molar-refractivity contribution is 5.90. The largest absolute Gasteiger partial charge is 0.497 e. The maximum Gasteiger partial charge on any atom is 0.407 e. The maximum absolute atomic E-state index is 12.7. The third kappa shape index (κ3) is 5.34. The lowest BCUT2D eigenvalue weighted by Gasteiger charge is -2.38. The Morgan fingerprint density at radius 2 is 1.74 bits per heavy atom. The molecule has 1 fully saturated rings. The van der Waals surface area contributed by atoms with Gasteiger partial charge in [-0.3, -0.25) is 0 Å². The molecule has 2 heterocycles. The Hall–Kier alpha value is -4.34. The number of carbonyl (C=O) groups is 2. The van der Waals surface area contributed by atoms with Crippen LogP contribution in [0.4, 0.5) is 26.9 Å². The molecule has 1 aliphatic rings. The van der Waals surface area contributed by atoms with Gasteiger partial charge in [-0.15, -0.1) is 0 Å². The molecule has 0 radical (unpaired) electrons.